The number of benzene rings is 1. The van der Waals surface area contributed by atoms with E-state index in [0.717, 1.165) is 30.8 Å². The molecule has 24 heavy (non-hydrogen) atoms. The molecule has 0 radical (unpaired) electrons. The van der Waals surface area contributed by atoms with Gasteiger partial charge in [-0.2, -0.15) is 11.8 Å². The van der Waals surface area contributed by atoms with Crippen molar-refractivity contribution in [2.75, 3.05) is 25.1 Å². The molecule has 0 aromatic heterocycles. The molecule has 1 fully saturated rings. The van der Waals surface area contributed by atoms with E-state index in [9.17, 15) is 9.59 Å². The van der Waals surface area contributed by atoms with Gasteiger partial charge in [0.15, 0.2) is 0 Å². The maximum absolute atomic E-state index is 12.5. The fourth-order valence-corrected chi connectivity index (χ4v) is 3.08. The molecule has 3 N–H and O–H groups in total. The molecule has 0 spiro atoms. The molecule has 1 aromatic carbocycles. The third-order valence-corrected chi connectivity index (χ3v) is 4.56. The number of hydrogen-bond donors (Lipinski definition) is 3. The Bertz CT molecular complexity index is 550. The Kier molecular flexibility index (Phi) is 9.18. The number of halogens is 1. The Morgan fingerprint density at radius 3 is 2.83 bits per heavy atom. The molecule has 134 valence electrons. The molecule has 2 atom stereocenters. The smallest absolute Gasteiger partial charge is 0.251 e. The summed E-state index contributed by atoms with van der Waals surface area (Å²) in [5.41, 5.74) is 1.62. The number of hydrogen-bond acceptors (Lipinski definition) is 4. The van der Waals surface area contributed by atoms with Crippen molar-refractivity contribution >= 4 is 36.0 Å². The van der Waals surface area contributed by atoms with E-state index in [2.05, 4.69) is 16.0 Å². The number of thioether (sulfide) groups is 1. The van der Waals surface area contributed by atoms with Crippen molar-refractivity contribution in [3.05, 3.63) is 35.4 Å². The summed E-state index contributed by atoms with van der Waals surface area (Å²) in [6.45, 7) is 3.67. The molecule has 0 aliphatic carbocycles. The average Bonchev–Trinajstić information content (AvgIpc) is 3.04. The van der Waals surface area contributed by atoms with Crippen molar-refractivity contribution < 1.29 is 9.59 Å². The third-order valence-electron chi connectivity index (χ3n) is 3.92. The van der Waals surface area contributed by atoms with E-state index in [1.807, 2.05) is 31.4 Å². The van der Waals surface area contributed by atoms with Crippen LogP contribution in [0.25, 0.3) is 0 Å². The van der Waals surface area contributed by atoms with Crippen molar-refractivity contribution in [1.29, 1.82) is 0 Å². The first-order valence-electron chi connectivity index (χ1n) is 7.97. The fourth-order valence-electron chi connectivity index (χ4n) is 2.61. The van der Waals surface area contributed by atoms with Gasteiger partial charge in [0.2, 0.25) is 5.91 Å². The Balaban J connectivity index is 0.00000288. The van der Waals surface area contributed by atoms with Gasteiger partial charge >= 0.3 is 0 Å². The molecule has 5 nitrogen and oxygen atoms in total. The highest BCUT2D eigenvalue weighted by Crippen LogP contribution is 2.07. The molecule has 2 unspecified atom stereocenters. The fraction of sp³-hybridized carbons (Fsp3) is 0.529. The van der Waals surface area contributed by atoms with Gasteiger partial charge in [-0.1, -0.05) is 17.7 Å². The predicted molar refractivity (Wildman–Crippen MR) is 102 cm³/mol. The van der Waals surface area contributed by atoms with Crippen LogP contribution in [0.2, 0.25) is 0 Å². The Morgan fingerprint density at radius 2 is 2.21 bits per heavy atom. The van der Waals surface area contributed by atoms with Gasteiger partial charge in [-0.3, -0.25) is 9.59 Å². The first-order valence-corrected chi connectivity index (χ1v) is 9.37. The minimum atomic E-state index is -0.490. The number of carbonyl (C=O) groups excluding carboxylic acids is 2. The second kappa shape index (κ2) is 10.6. The highest BCUT2D eigenvalue weighted by molar-refractivity contribution is 7.98. The van der Waals surface area contributed by atoms with Crippen LogP contribution in [-0.2, 0) is 4.79 Å². The van der Waals surface area contributed by atoms with Gasteiger partial charge < -0.3 is 16.0 Å². The number of amides is 2. The van der Waals surface area contributed by atoms with Crippen LogP contribution in [0.1, 0.15) is 28.8 Å². The quantitative estimate of drug-likeness (QED) is 0.683. The van der Waals surface area contributed by atoms with E-state index in [1.54, 1.807) is 17.8 Å². The summed E-state index contributed by atoms with van der Waals surface area (Å²) in [7, 11) is 0. The normalized spacial score (nSPS) is 17.7. The predicted octanol–water partition coefficient (Wildman–Crippen LogP) is 1.75. The molecule has 2 rings (SSSR count). The summed E-state index contributed by atoms with van der Waals surface area (Å²) >= 11 is 1.67. The second-order valence-electron chi connectivity index (χ2n) is 5.88. The molecular weight excluding hydrogens is 346 g/mol. The molecule has 1 saturated heterocycles. The Labute approximate surface area is 154 Å². The Hall–Kier alpha value is -1.24. The minimum absolute atomic E-state index is 0. The van der Waals surface area contributed by atoms with Gasteiger partial charge in [-0.15, -0.1) is 12.4 Å². The molecule has 2 amide bonds. The van der Waals surface area contributed by atoms with Crippen LogP contribution < -0.4 is 16.0 Å². The van der Waals surface area contributed by atoms with Crippen LogP contribution in [0.3, 0.4) is 0 Å². The average molecular weight is 372 g/mol. The van der Waals surface area contributed by atoms with Crippen molar-refractivity contribution in [3.8, 4) is 0 Å². The summed E-state index contributed by atoms with van der Waals surface area (Å²) < 4.78 is 0. The van der Waals surface area contributed by atoms with Crippen LogP contribution >= 0.6 is 24.2 Å². The molecule has 0 saturated carbocycles. The maximum atomic E-state index is 12.5. The maximum Gasteiger partial charge on any atom is 0.251 e. The number of nitrogens with one attached hydrogen (secondary N) is 3. The second-order valence-corrected chi connectivity index (χ2v) is 6.86. The van der Waals surface area contributed by atoms with Crippen molar-refractivity contribution in [3.63, 3.8) is 0 Å². The number of rotatable bonds is 7. The SMILES string of the molecule is CSCCC(NC(=O)c1cccc(C)c1)C(=O)NC1CCNC1.Cl. The van der Waals surface area contributed by atoms with Gasteiger partial charge in [-0.25, -0.2) is 0 Å². The highest BCUT2D eigenvalue weighted by atomic mass is 35.5. The van der Waals surface area contributed by atoms with Crippen LogP contribution in [0.15, 0.2) is 24.3 Å². The van der Waals surface area contributed by atoms with E-state index in [4.69, 9.17) is 0 Å². The molecule has 0 bridgehead atoms. The van der Waals surface area contributed by atoms with Gasteiger partial charge in [-0.05, 0) is 50.5 Å². The molecule has 1 aliphatic rings. The van der Waals surface area contributed by atoms with E-state index in [0.29, 0.717) is 12.0 Å². The molecular formula is C17H26ClN3O2S. The molecule has 1 aliphatic heterocycles. The Morgan fingerprint density at radius 1 is 1.42 bits per heavy atom. The van der Waals surface area contributed by atoms with Crippen LogP contribution in [0.4, 0.5) is 0 Å². The standard InChI is InChI=1S/C17H25N3O2S.ClH/c1-12-4-3-5-13(10-12)16(21)20-15(7-9-23-2)17(22)19-14-6-8-18-11-14;/h3-5,10,14-15,18H,6-9,11H2,1-2H3,(H,19,22)(H,20,21);1H. The van der Waals surface area contributed by atoms with Crippen LogP contribution in [0.5, 0.6) is 0 Å². The summed E-state index contributed by atoms with van der Waals surface area (Å²) in [6, 6.07) is 7.07. The number of aryl methyl sites for hydroxylation is 1. The van der Waals surface area contributed by atoms with Crippen molar-refractivity contribution in [2.24, 2.45) is 0 Å². The van der Waals surface area contributed by atoms with Crippen LogP contribution in [-0.4, -0.2) is 49.0 Å². The summed E-state index contributed by atoms with van der Waals surface area (Å²) in [5.74, 6) is 0.544. The van der Waals surface area contributed by atoms with Gasteiger partial charge in [0, 0.05) is 18.2 Å². The molecule has 1 heterocycles. The highest BCUT2D eigenvalue weighted by Gasteiger charge is 2.24. The molecule has 7 heteroatoms. The lowest BCUT2D eigenvalue weighted by atomic mass is 10.1. The monoisotopic (exact) mass is 371 g/mol. The first-order chi connectivity index (χ1) is 11.1. The number of carbonyl (C=O) groups is 2. The molecule has 1 aromatic rings. The summed E-state index contributed by atoms with van der Waals surface area (Å²) in [6.07, 6.45) is 3.57. The third kappa shape index (κ3) is 6.34. The summed E-state index contributed by atoms with van der Waals surface area (Å²) in [4.78, 5) is 24.9. The lowest BCUT2D eigenvalue weighted by Crippen LogP contribution is -2.50. The zero-order valence-electron chi connectivity index (χ0n) is 14.1. The zero-order chi connectivity index (χ0) is 16.7. The lowest BCUT2D eigenvalue weighted by molar-refractivity contribution is -0.123. The largest absolute Gasteiger partial charge is 0.350 e. The zero-order valence-corrected chi connectivity index (χ0v) is 15.8. The van der Waals surface area contributed by atoms with E-state index < -0.39 is 6.04 Å². The van der Waals surface area contributed by atoms with Gasteiger partial charge in [0.1, 0.15) is 6.04 Å². The van der Waals surface area contributed by atoms with Crippen molar-refractivity contribution in [1.82, 2.24) is 16.0 Å². The van der Waals surface area contributed by atoms with E-state index in [1.165, 1.54) is 0 Å². The van der Waals surface area contributed by atoms with Gasteiger partial charge in [0.05, 0.1) is 0 Å². The first kappa shape index (κ1) is 20.8. The minimum Gasteiger partial charge on any atom is -0.350 e. The topological polar surface area (TPSA) is 70.2 Å². The van der Waals surface area contributed by atoms with E-state index >= 15 is 0 Å². The van der Waals surface area contributed by atoms with Crippen molar-refractivity contribution in [2.45, 2.75) is 31.8 Å². The van der Waals surface area contributed by atoms with E-state index in [-0.39, 0.29) is 30.3 Å². The lowest BCUT2D eigenvalue weighted by Gasteiger charge is -2.20. The van der Waals surface area contributed by atoms with Crippen LogP contribution in [0, 0.1) is 6.92 Å². The summed E-state index contributed by atoms with van der Waals surface area (Å²) in [5, 5.41) is 9.14. The van der Waals surface area contributed by atoms with Gasteiger partial charge in [0.25, 0.3) is 5.91 Å².